The number of hydrogen-bond acceptors (Lipinski definition) is 4. The van der Waals surface area contributed by atoms with E-state index in [1.165, 1.54) is 6.33 Å². The molecule has 3 rings (SSSR count). The van der Waals surface area contributed by atoms with Crippen LogP contribution in [0.4, 0.5) is 5.82 Å². The Bertz CT molecular complexity index is 630. The maximum atomic E-state index is 5.80. The predicted octanol–water partition coefficient (Wildman–Crippen LogP) is 1.60. The first-order valence-corrected chi connectivity index (χ1v) is 4.84. The number of anilines is 1. The van der Waals surface area contributed by atoms with Crippen LogP contribution >= 0.6 is 0 Å². The Kier molecular flexibility index (Phi) is 1.83. The van der Waals surface area contributed by atoms with Gasteiger partial charge in [-0.1, -0.05) is 0 Å². The standard InChI is InChI=1S/C11H9N5/c12-10-8-5-7(11-13-3-4-14-11)1-2-9(8)15-6-16-10/h1-6H,(H,13,14)(H2,12,15,16). The zero-order valence-corrected chi connectivity index (χ0v) is 8.38. The van der Waals surface area contributed by atoms with Crippen molar-refractivity contribution in [2.75, 3.05) is 5.73 Å². The summed E-state index contributed by atoms with van der Waals surface area (Å²) in [6, 6.07) is 5.79. The van der Waals surface area contributed by atoms with Crippen molar-refractivity contribution in [3.8, 4) is 11.4 Å². The molecule has 0 amide bonds. The van der Waals surface area contributed by atoms with Crippen LogP contribution in [0, 0.1) is 0 Å². The number of aromatic nitrogens is 4. The Labute approximate surface area is 91.4 Å². The van der Waals surface area contributed by atoms with Crippen LogP contribution in [0.5, 0.6) is 0 Å². The second kappa shape index (κ2) is 3.30. The summed E-state index contributed by atoms with van der Waals surface area (Å²) in [5.74, 6) is 1.29. The van der Waals surface area contributed by atoms with E-state index in [4.69, 9.17) is 5.73 Å². The van der Waals surface area contributed by atoms with E-state index in [1.807, 2.05) is 18.2 Å². The van der Waals surface area contributed by atoms with Crippen LogP contribution in [0.15, 0.2) is 36.9 Å². The van der Waals surface area contributed by atoms with E-state index < -0.39 is 0 Å². The number of nitrogens with one attached hydrogen (secondary N) is 1. The van der Waals surface area contributed by atoms with Crippen LogP contribution < -0.4 is 5.73 Å². The molecule has 0 spiro atoms. The quantitative estimate of drug-likeness (QED) is 0.640. The second-order valence-corrected chi connectivity index (χ2v) is 3.43. The second-order valence-electron chi connectivity index (χ2n) is 3.43. The third-order valence-electron chi connectivity index (χ3n) is 2.44. The number of nitrogens with zero attached hydrogens (tertiary/aromatic N) is 3. The first kappa shape index (κ1) is 8.84. The van der Waals surface area contributed by atoms with Gasteiger partial charge < -0.3 is 10.7 Å². The minimum absolute atomic E-state index is 0.485. The van der Waals surface area contributed by atoms with Gasteiger partial charge in [0.2, 0.25) is 0 Å². The summed E-state index contributed by atoms with van der Waals surface area (Å²) < 4.78 is 0. The van der Waals surface area contributed by atoms with Gasteiger partial charge in [-0.25, -0.2) is 15.0 Å². The monoisotopic (exact) mass is 211 g/mol. The van der Waals surface area contributed by atoms with Crippen LogP contribution in [0.1, 0.15) is 0 Å². The van der Waals surface area contributed by atoms with Gasteiger partial charge in [0.25, 0.3) is 0 Å². The molecule has 5 nitrogen and oxygen atoms in total. The molecule has 78 valence electrons. The van der Waals surface area contributed by atoms with E-state index in [-0.39, 0.29) is 0 Å². The van der Waals surface area contributed by atoms with Gasteiger partial charge in [0.05, 0.1) is 5.52 Å². The molecule has 0 aliphatic carbocycles. The number of nitrogen functional groups attached to an aromatic ring is 1. The molecular formula is C11H9N5. The highest BCUT2D eigenvalue weighted by Gasteiger charge is 2.04. The van der Waals surface area contributed by atoms with Gasteiger partial charge in [0, 0.05) is 23.3 Å². The van der Waals surface area contributed by atoms with Crippen LogP contribution in [-0.2, 0) is 0 Å². The zero-order valence-electron chi connectivity index (χ0n) is 8.38. The summed E-state index contributed by atoms with van der Waals surface area (Å²) in [4.78, 5) is 15.3. The SMILES string of the molecule is Nc1ncnc2ccc(-c3ncc[nH]3)cc12. The fourth-order valence-corrected chi connectivity index (χ4v) is 1.65. The molecule has 0 aliphatic heterocycles. The third-order valence-corrected chi connectivity index (χ3v) is 2.44. The highest BCUT2D eigenvalue weighted by atomic mass is 14.9. The maximum absolute atomic E-state index is 5.80. The van der Waals surface area contributed by atoms with E-state index >= 15 is 0 Å². The van der Waals surface area contributed by atoms with Gasteiger partial charge in [-0.3, -0.25) is 0 Å². The van der Waals surface area contributed by atoms with Gasteiger partial charge in [0.15, 0.2) is 0 Å². The topological polar surface area (TPSA) is 80.5 Å². The average Bonchev–Trinajstić information content (AvgIpc) is 2.83. The summed E-state index contributed by atoms with van der Waals surface area (Å²) in [6.07, 6.45) is 4.96. The molecule has 0 unspecified atom stereocenters. The van der Waals surface area contributed by atoms with Crippen molar-refractivity contribution in [3.05, 3.63) is 36.9 Å². The van der Waals surface area contributed by atoms with Crippen molar-refractivity contribution < 1.29 is 0 Å². The summed E-state index contributed by atoms with van der Waals surface area (Å²) in [5.41, 5.74) is 7.60. The molecule has 0 bridgehead atoms. The summed E-state index contributed by atoms with van der Waals surface area (Å²) in [5, 5.41) is 0.844. The van der Waals surface area contributed by atoms with Crippen molar-refractivity contribution in [2.24, 2.45) is 0 Å². The molecule has 0 radical (unpaired) electrons. The van der Waals surface area contributed by atoms with E-state index in [9.17, 15) is 0 Å². The van der Waals surface area contributed by atoms with Crippen molar-refractivity contribution >= 4 is 16.7 Å². The Morgan fingerprint density at radius 2 is 2.06 bits per heavy atom. The molecule has 3 N–H and O–H groups in total. The summed E-state index contributed by atoms with van der Waals surface area (Å²) in [6.45, 7) is 0. The number of aromatic amines is 1. The highest BCUT2D eigenvalue weighted by molar-refractivity contribution is 5.90. The predicted molar refractivity (Wildman–Crippen MR) is 61.5 cm³/mol. The van der Waals surface area contributed by atoms with Crippen molar-refractivity contribution in [1.29, 1.82) is 0 Å². The molecule has 5 heteroatoms. The first-order chi connectivity index (χ1) is 7.84. The maximum Gasteiger partial charge on any atom is 0.137 e. The molecule has 0 atom stereocenters. The zero-order chi connectivity index (χ0) is 11.0. The lowest BCUT2D eigenvalue weighted by atomic mass is 10.1. The van der Waals surface area contributed by atoms with Gasteiger partial charge in [0.1, 0.15) is 18.0 Å². The molecule has 3 aromatic rings. The van der Waals surface area contributed by atoms with Crippen LogP contribution in [0.2, 0.25) is 0 Å². The number of H-pyrrole nitrogens is 1. The van der Waals surface area contributed by atoms with Crippen LogP contribution in [-0.4, -0.2) is 19.9 Å². The summed E-state index contributed by atoms with van der Waals surface area (Å²) in [7, 11) is 0. The van der Waals surface area contributed by atoms with Gasteiger partial charge in [-0.2, -0.15) is 0 Å². The smallest absolute Gasteiger partial charge is 0.137 e. The van der Waals surface area contributed by atoms with Gasteiger partial charge in [-0.15, -0.1) is 0 Å². The molecule has 2 heterocycles. The van der Waals surface area contributed by atoms with Crippen LogP contribution in [0.25, 0.3) is 22.3 Å². The normalized spacial score (nSPS) is 10.8. The van der Waals surface area contributed by atoms with E-state index in [1.54, 1.807) is 12.4 Å². The lowest BCUT2D eigenvalue weighted by molar-refractivity contribution is 1.23. The molecule has 0 saturated heterocycles. The average molecular weight is 211 g/mol. The van der Waals surface area contributed by atoms with Gasteiger partial charge >= 0.3 is 0 Å². The Balaban J connectivity index is 2.27. The fourth-order valence-electron chi connectivity index (χ4n) is 1.65. The molecule has 0 aliphatic rings. The molecule has 2 aromatic heterocycles. The Morgan fingerprint density at radius 3 is 2.88 bits per heavy atom. The molecule has 0 saturated carbocycles. The number of fused-ring (bicyclic) bond motifs is 1. The lowest BCUT2D eigenvalue weighted by Gasteiger charge is -2.02. The van der Waals surface area contributed by atoms with E-state index in [2.05, 4.69) is 19.9 Å². The van der Waals surface area contributed by atoms with E-state index in [0.717, 1.165) is 22.3 Å². The van der Waals surface area contributed by atoms with Crippen molar-refractivity contribution in [1.82, 2.24) is 19.9 Å². The minimum atomic E-state index is 0.485. The van der Waals surface area contributed by atoms with Gasteiger partial charge in [-0.05, 0) is 18.2 Å². The molecule has 0 fully saturated rings. The minimum Gasteiger partial charge on any atom is -0.383 e. The lowest BCUT2D eigenvalue weighted by Crippen LogP contribution is -1.93. The Morgan fingerprint density at radius 1 is 1.12 bits per heavy atom. The summed E-state index contributed by atoms with van der Waals surface area (Å²) >= 11 is 0. The van der Waals surface area contributed by atoms with E-state index in [0.29, 0.717) is 5.82 Å². The number of rotatable bonds is 1. The largest absolute Gasteiger partial charge is 0.383 e. The number of hydrogen-bond donors (Lipinski definition) is 2. The fraction of sp³-hybridized carbons (Fsp3) is 0. The Hall–Kier alpha value is -2.43. The van der Waals surface area contributed by atoms with Crippen molar-refractivity contribution in [3.63, 3.8) is 0 Å². The van der Waals surface area contributed by atoms with Crippen LogP contribution in [0.3, 0.4) is 0 Å². The highest BCUT2D eigenvalue weighted by Crippen LogP contribution is 2.23. The van der Waals surface area contributed by atoms with Crippen molar-refractivity contribution in [2.45, 2.75) is 0 Å². The third kappa shape index (κ3) is 1.30. The number of benzene rings is 1. The number of nitrogens with two attached hydrogens (primary N) is 1. The molecule has 16 heavy (non-hydrogen) atoms. The first-order valence-electron chi connectivity index (χ1n) is 4.84. The number of imidazole rings is 1. The molecule has 1 aromatic carbocycles. The molecular weight excluding hydrogens is 202 g/mol.